The molecule has 1 aliphatic heterocycles. The maximum absolute atomic E-state index is 11.6. The van der Waals surface area contributed by atoms with E-state index in [-0.39, 0.29) is 5.91 Å². The molecule has 0 spiro atoms. The van der Waals surface area contributed by atoms with Crippen molar-refractivity contribution in [1.29, 1.82) is 0 Å². The van der Waals surface area contributed by atoms with Gasteiger partial charge < -0.3 is 10.2 Å². The zero-order chi connectivity index (χ0) is 11.5. The molecule has 4 nitrogen and oxygen atoms in total. The van der Waals surface area contributed by atoms with Crippen LogP contribution in [-0.4, -0.2) is 18.9 Å². The van der Waals surface area contributed by atoms with Crippen LogP contribution in [0.25, 0.3) is 0 Å². The van der Waals surface area contributed by atoms with Crippen LogP contribution in [0.3, 0.4) is 0 Å². The average Bonchev–Trinajstić information content (AvgIpc) is 2.65. The molecule has 16 heavy (non-hydrogen) atoms. The minimum absolute atomic E-state index is 0.180. The van der Waals surface area contributed by atoms with Crippen LogP contribution >= 0.6 is 0 Å². The summed E-state index contributed by atoms with van der Waals surface area (Å²) in [6.45, 7) is 2.73. The quantitative estimate of drug-likeness (QED) is 0.785. The van der Waals surface area contributed by atoms with Gasteiger partial charge in [-0.3, -0.25) is 9.59 Å². The minimum atomic E-state index is 0.180. The van der Waals surface area contributed by atoms with Gasteiger partial charge in [-0.2, -0.15) is 0 Å². The van der Waals surface area contributed by atoms with Crippen LogP contribution in [-0.2, 0) is 9.59 Å². The van der Waals surface area contributed by atoms with E-state index in [1.807, 2.05) is 25.1 Å². The van der Waals surface area contributed by atoms with Crippen LogP contribution in [0.2, 0.25) is 0 Å². The van der Waals surface area contributed by atoms with Crippen LogP contribution in [0, 0.1) is 6.92 Å². The summed E-state index contributed by atoms with van der Waals surface area (Å²) in [6, 6.07) is 5.56. The molecule has 1 saturated heterocycles. The first-order valence-electron chi connectivity index (χ1n) is 5.33. The number of nitrogens with zero attached hydrogens (tertiary/aromatic N) is 1. The Morgan fingerprint density at radius 2 is 2.25 bits per heavy atom. The zero-order valence-electron chi connectivity index (χ0n) is 9.19. The molecule has 1 heterocycles. The fourth-order valence-corrected chi connectivity index (χ4v) is 2.02. The molecule has 0 aromatic heterocycles. The smallest absolute Gasteiger partial charge is 0.227 e. The Hall–Kier alpha value is -1.84. The molecule has 0 atom stereocenters. The number of hydrogen-bond acceptors (Lipinski definition) is 2. The SMILES string of the molecule is Cc1cc(NC=O)ccc1N1CCCC1=O. The van der Waals surface area contributed by atoms with E-state index >= 15 is 0 Å². The first-order chi connectivity index (χ1) is 7.72. The fourth-order valence-electron chi connectivity index (χ4n) is 2.02. The monoisotopic (exact) mass is 218 g/mol. The number of hydrogen-bond donors (Lipinski definition) is 1. The van der Waals surface area contributed by atoms with E-state index in [1.165, 1.54) is 0 Å². The van der Waals surface area contributed by atoms with E-state index in [0.717, 1.165) is 29.9 Å². The van der Waals surface area contributed by atoms with Gasteiger partial charge in [-0.05, 0) is 37.1 Å². The number of anilines is 2. The van der Waals surface area contributed by atoms with E-state index in [1.54, 1.807) is 4.90 Å². The van der Waals surface area contributed by atoms with Gasteiger partial charge in [0.2, 0.25) is 12.3 Å². The third-order valence-electron chi connectivity index (χ3n) is 2.79. The van der Waals surface area contributed by atoms with E-state index in [4.69, 9.17) is 0 Å². The Balaban J connectivity index is 2.28. The normalized spacial score (nSPS) is 15.3. The highest BCUT2D eigenvalue weighted by molar-refractivity contribution is 5.96. The van der Waals surface area contributed by atoms with Crippen molar-refractivity contribution in [3.05, 3.63) is 23.8 Å². The molecule has 1 fully saturated rings. The van der Waals surface area contributed by atoms with Crippen molar-refractivity contribution >= 4 is 23.7 Å². The summed E-state index contributed by atoms with van der Waals surface area (Å²) in [4.78, 5) is 23.7. The summed E-state index contributed by atoms with van der Waals surface area (Å²) < 4.78 is 0. The lowest BCUT2D eigenvalue weighted by Gasteiger charge is -2.18. The summed E-state index contributed by atoms with van der Waals surface area (Å²) in [6.07, 6.45) is 2.20. The summed E-state index contributed by atoms with van der Waals surface area (Å²) >= 11 is 0. The average molecular weight is 218 g/mol. The summed E-state index contributed by atoms with van der Waals surface area (Å²) in [5.74, 6) is 0.180. The molecule has 2 amide bonds. The highest BCUT2D eigenvalue weighted by atomic mass is 16.2. The van der Waals surface area contributed by atoms with Gasteiger partial charge in [0.25, 0.3) is 0 Å². The largest absolute Gasteiger partial charge is 0.329 e. The summed E-state index contributed by atoms with van der Waals surface area (Å²) in [7, 11) is 0. The number of amides is 2. The first-order valence-corrected chi connectivity index (χ1v) is 5.33. The van der Waals surface area contributed by atoms with Gasteiger partial charge in [0.05, 0.1) is 0 Å². The maximum atomic E-state index is 11.6. The number of benzene rings is 1. The second kappa shape index (κ2) is 4.35. The Morgan fingerprint density at radius 1 is 1.44 bits per heavy atom. The Labute approximate surface area is 94.2 Å². The van der Waals surface area contributed by atoms with Crippen molar-refractivity contribution in [3.63, 3.8) is 0 Å². The second-order valence-corrected chi connectivity index (χ2v) is 3.91. The van der Waals surface area contributed by atoms with Crippen molar-refractivity contribution < 1.29 is 9.59 Å². The molecule has 0 radical (unpaired) electrons. The predicted octanol–water partition coefficient (Wildman–Crippen LogP) is 1.69. The van der Waals surface area contributed by atoms with Gasteiger partial charge >= 0.3 is 0 Å². The van der Waals surface area contributed by atoms with Crippen molar-refractivity contribution in [1.82, 2.24) is 0 Å². The third kappa shape index (κ3) is 1.91. The molecule has 1 N–H and O–H groups in total. The molecule has 0 aliphatic carbocycles. The molecule has 4 heteroatoms. The van der Waals surface area contributed by atoms with Crippen LogP contribution in [0.15, 0.2) is 18.2 Å². The number of aryl methyl sites for hydroxylation is 1. The standard InChI is InChI=1S/C12H14N2O2/c1-9-7-10(13-8-15)4-5-11(9)14-6-2-3-12(14)16/h4-5,7-8H,2-3,6H2,1H3,(H,13,15). The molecule has 0 saturated carbocycles. The number of carbonyl (C=O) groups excluding carboxylic acids is 2. The van der Waals surface area contributed by atoms with E-state index < -0.39 is 0 Å². The van der Waals surface area contributed by atoms with Crippen molar-refractivity contribution in [3.8, 4) is 0 Å². The lowest BCUT2D eigenvalue weighted by molar-refractivity contribution is -0.117. The molecule has 84 valence electrons. The van der Waals surface area contributed by atoms with Crippen molar-refractivity contribution in [2.24, 2.45) is 0 Å². The summed E-state index contributed by atoms with van der Waals surface area (Å²) in [5, 5.41) is 2.59. The molecular formula is C12H14N2O2. The maximum Gasteiger partial charge on any atom is 0.227 e. The highest BCUT2D eigenvalue weighted by Crippen LogP contribution is 2.27. The third-order valence-corrected chi connectivity index (χ3v) is 2.79. The predicted molar refractivity (Wildman–Crippen MR) is 62.5 cm³/mol. The van der Waals surface area contributed by atoms with Gasteiger partial charge in [0.1, 0.15) is 0 Å². The molecule has 1 aliphatic rings. The van der Waals surface area contributed by atoms with Crippen LogP contribution in [0.5, 0.6) is 0 Å². The lowest BCUT2D eigenvalue weighted by atomic mass is 10.1. The molecule has 1 aromatic carbocycles. The van der Waals surface area contributed by atoms with E-state index in [2.05, 4.69) is 5.32 Å². The highest BCUT2D eigenvalue weighted by Gasteiger charge is 2.22. The topological polar surface area (TPSA) is 49.4 Å². The van der Waals surface area contributed by atoms with E-state index in [9.17, 15) is 9.59 Å². The Kier molecular flexibility index (Phi) is 2.90. The molecule has 0 unspecified atom stereocenters. The molecule has 0 bridgehead atoms. The van der Waals surface area contributed by atoms with Gasteiger partial charge in [-0.15, -0.1) is 0 Å². The zero-order valence-corrected chi connectivity index (χ0v) is 9.19. The molecule has 1 aromatic rings. The van der Waals surface area contributed by atoms with Gasteiger partial charge in [0.15, 0.2) is 0 Å². The van der Waals surface area contributed by atoms with Crippen LogP contribution < -0.4 is 10.2 Å². The number of rotatable bonds is 3. The van der Waals surface area contributed by atoms with Crippen LogP contribution in [0.1, 0.15) is 18.4 Å². The number of nitrogens with one attached hydrogen (secondary N) is 1. The molecule has 2 rings (SSSR count). The first kappa shape index (κ1) is 10.7. The number of carbonyl (C=O) groups is 2. The molecular weight excluding hydrogens is 204 g/mol. The minimum Gasteiger partial charge on any atom is -0.329 e. The fraction of sp³-hybridized carbons (Fsp3) is 0.333. The van der Waals surface area contributed by atoms with E-state index in [0.29, 0.717) is 12.8 Å². The van der Waals surface area contributed by atoms with Gasteiger partial charge in [-0.25, -0.2) is 0 Å². The second-order valence-electron chi connectivity index (χ2n) is 3.91. The Bertz CT molecular complexity index is 429. The Morgan fingerprint density at radius 3 is 2.81 bits per heavy atom. The van der Waals surface area contributed by atoms with Crippen molar-refractivity contribution in [2.75, 3.05) is 16.8 Å². The van der Waals surface area contributed by atoms with Gasteiger partial charge in [-0.1, -0.05) is 0 Å². The summed E-state index contributed by atoms with van der Waals surface area (Å²) in [5.41, 5.74) is 2.70. The van der Waals surface area contributed by atoms with Gasteiger partial charge in [0, 0.05) is 24.3 Å². The van der Waals surface area contributed by atoms with Crippen LogP contribution in [0.4, 0.5) is 11.4 Å². The lowest BCUT2D eigenvalue weighted by Crippen LogP contribution is -2.24. The van der Waals surface area contributed by atoms with Crippen molar-refractivity contribution in [2.45, 2.75) is 19.8 Å².